The van der Waals surface area contributed by atoms with Gasteiger partial charge in [0.2, 0.25) is 0 Å². The average Bonchev–Trinajstić information content (AvgIpc) is 2.65. The van der Waals surface area contributed by atoms with Crippen molar-refractivity contribution in [3.8, 4) is 17.2 Å². The molecule has 0 heterocycles. The molecule has 0 spiro atoms. The van der Waals surface area contributed by atoms with Gasteiger partial charge in [0.05, 0.1) is 7.11 Å². The monoisotopic (exact) mass is 383 g/mol. The molecule has 0 saturated heterocycles. The molecule has 0 unspecified atom stereocenters. The van der Waals surface area contributed by atoms with Gasteiger partial charge in [0.25, 0.3) is 10.0 Å². The van der Waals surface area contributed by atoms with E-state index >= 15 is 0 Å². The van der Waals surface area contributed by atoms with E-state index in [0.717, 1.165) is 11.1 Å². The van der Waals surface area contributed by atoms with Gasteiger partial charge < -0.3 is 9.47 Å². The predicted molar refractivity (Wildman–Crippen MR) is 106 cm³/mol. The summed E-state index contributed by atoms with van der Waals surface area (Å²) >= 11 is 0. The third-order valence-electron chi connectivity index (χ3n) is 4.15. The van der Waals surface area contributed by atoms with Gasteiger partial charge in [-0.15, -0.1) is 0 Å². The molecule has 0 atom stereocenters. The van der Waals surface area contributed by atoms with Gasteiger partial charge in [-0.3, -0.25) is 4.72 Å². The molecule has 3 rings (SSSR count). The van der Waals surface area contributed by atoms with Crippen LogP contribution in [0.25, 0.3) is 0 Å². The topological polar surface area (TPSA) is 64.6 Å². The molecule has 0 radical (unpaired) electrons. The number of hydrogen-bond donors (Lipinski definition) is 1. The number of rotatable bonds is 6. The Balaban J connectivity index is 1.81. The second kappa shape index (κ2) is 7.72. The Bertz CT molecular complexity index is 1030. The summed E-state index contributed by atoms with van der Waals surface area (Å²) in [6.07, 6.45) is 0. The van der Waals surface area contributed by atoms with E-state index < -0.39 is 10.0 Å². The average molecular weight is 383 g/mol. The number of aryl methyl sites for hydroxylation is 2. The lowest BCUT2D eigenvalue weighted by Gasteiger charge is -2.14. The van der Waals surface area contributed by atoms with Gasteiger partial charge in [0.15, 0.2) is 0 Å². The largest absolute Gasteiger partial charge is 0.495 e. The van der Waals surface area contributed by atoms with Crippen LogP contribution in [0.3, 0.4) is 0 Å². The zero-order chi connectivity index (χ0) is 19.4. The predicted octanol–water partition coefficient (Wildman–Crippen LogP) is 4.91. The van der Waals surface area contributed by atoms with Crippen LogP contribution in [-0.4, -0.2) is 15.5 Å². The summed E-state index contributed by atoms with van der Waals surface area (Å²) in [6.45, 7) is 3.77. The van der Waals surface area contributed by atoms with Gasteiger partial charge in [0, 0.05) is 5.69 Å². The normalized spacial score (nSPS) is 11.1. The van der Waals surface area contributed by atoms with E-state index in [2.05, 4.69) is 4.72 Å². The highest BCUT2D eigenvalue weighted by Crippen LogP contribution is 2.30. The highest BCUT2D eigenvalue weighted by atomic mass is 32.2. The Hall–Kier alpha value is -2.99. The van der Waals surface area contributed by atoms with Crippen LogP contribution in [0.2, 0.25) is 0 Å². The molecule has 0 aliphatic rings. The molecular formula is C21H21NO4S. The van der Waals surface area contributed by atoms with Crippen molar-refractivity contribution >= 4 is 15.7 Å². The van der Waals surface area contributed by atoms with Crippen molar-refractivity contribution in [2.24, 2.45) is 0 Å². The molecule has 3 aromatic rings. The SMILES string of the molecule is COc1cc(C)c(C)cc1S(=O)(=O)Nc1ccc(Oc2ccccc2)cc1. The van der Waals surface area contributed by atoms with Crippen LogP contribution in [0.5, 0.6) is 17.2 Å². The molecule has 0 saturated carbocycles. The molecule has 0 aliphatic carbocycles. The maximum atomic E-state index is 12.8. The summed E-state index contributed by atoms with van der Waals surface area (Å²) < 4.78 is 39.1. The van der Waals surface area contributed by atoms with Crippen molar-refractivity contribution in [3.05, 3.63) is 77.9 Å². The molecule has 0 bridgehead atoms. The quantitative estimate of drug-likeness (QED) is 0.657. The summed E-state index contributed by atoms with van der Waals surface area (Å²) in [5.74, 6) is 1.65. The third-order valence-corrected chi connectivity index (χ3v) is 5.56. The second-order valence-electron chi connectivity index (χ2n) is 6.13. The Kier molecular flexibility index (Phi) is 5.37. The van der Waals surface area contributed by atoms with E-state index in [1.165, 1.54) is 7.11 Å². The summed E-state index contributed by atoms with van der Waals surface area (Å²) in [6, 6.07) is 19.4. The minimum absolute atomic E-state index is 0.109. The first-order valence-corrected chi connectivity index (χ1v) is 9.88. The van der Waals surface area contributed by atoms with E-state index in [1.54, 1.807) is 36.4 Å². The number of ether oxygens (including phenoxy) is 2. The van der Waals surface area contributed by atoms with Crippen LogP contribution >= 0.6 is 0 Å². The maximum absolute atomic E-state index is 12.8. The minimum Gasteiger partial charge on any atom is -0.495 e. The van der Waals surface area contributed by atoms with Crippen LogP contribution in [-0.2, 0) is 10.0 Å². The first-order valence-electron chi connectivity index (χ1n) is 8.40. The lowest BCUT2D eigenvalue weighted by Crippen LogP contribution is -2.14. The van der Waals surface area contributed by atoms with Gasteiger partial charge in [-0.1, -0.05) is 18.2 Å². The number of anilines is 1. The molecule has 0 fully saturated rings. The van der Waals surface area contributed by atoms with Crippen molar-refractivity contribution in [3.63, 3.8) is 0 Å². The Morgan fingerprint density at radius 3 is 2.04 bits per heavy atom. The number of methoxy groups -OCH3 is 1. The van der Waals surface area contributed by atoms with Gasteiger partial charge in [-0.25, -0.2) is 8.42 Å². The molecule has 27 heavy (non-hydrogen) atoms. The number of benzene rings is 3. The molecule has 3 aromatic carbocycles. The van der Waals surface area contributed by atoms with Gasteiger partial charge in [-0.05, 0) is 73.5 Å². The van der Waals surface area contributed by atoms with Crippen LogP contribution in [0.15, 0.2) is 71.6 Å². The number of hydrogen-bond acceptors (Lipinski definition) is 4. The zero-order valence-corrected chi connectivity index (χ0v) is 16.2. The van der Waals surface area contributed by atoms with E-state index in [4.69, 9.17) is 9.47 Å². The van der Waals surface area contributed by atoms with E-state index in [1.807, 2.05) is 44.2 Å². The second-order valence-corrected chi connectivity index (χ2v) is 7.78. The molecule has 5 nitrogen and oxygen atoms in total. The fraction of sp³-hybridized carbons (Fsp3) is 0.143. The molecule has 6 heteroatoms. The van der Waals surface area contributed by atoms with Crippen LogP contribution in [0, 0.1) is 13.8 Å². The summed E-state index contributed by atoms with van der Waals surface area (Å²) in [5.41, 5.74) is 2.28. The summed E-state index contributed by atoms with van der Waals surface area (Å²) in [4.78, 5) is 0.109. The van der Waals surface area contributed by atoms with Crippen LogP contribution in [0.1, 0.15) is 11.1 Å². The van der Waals surface area contributed by atoms with Gasteiger partial charge in [0.1, 0.15) is 22.1 Å². The fourth-order valence-electron chi connectivity index (χ4n) is 2.56. The van der Waals surface area contributed by atoms with Crippen molar-refractivity contribution in [1.29, 1.82) is 0 Å². The first-order chi connectivity index (χ1) is 12.9. The highest BCUT2D eigenvalue weighted by molar-refractivity contribution is 7.92. The standard InChI is InChI=1S/C21H21NO4S/c1-15-13-20(25-3)21(14-16(15)2)27(23,24)22-17-9-11-19(12-10-17)26-18-7-5-4-6-8-18/h4-14,22H,1-3H3. The van der Waals surface area contributed by atoms with Crippen LogP contribution < -0.4 is 14.2 Å². The summed E-state index contributed by atoms with van der Waals surface area (Å²) in [5, 5.41) is 0. The Morgan fingerprint density at radius 1 is 0.815 bits per heavy atom. The van der Waals surface area contributed by atoms with Crippen molar-refractivity contribution < 1.29 is 17.9 Å². The first kappa shape index (κ1) is 18.8. The summed E-state index contributed by atoms with van der Waals surface area (Å²) in [7, 11) is -2.33. The van der Waals surface area contributed by atoms with E-state index in [-0.39, 0.29) is 4.90 Å². The molecular weight excluding hydrogens is 362 g/mol. The van der Waals surface area contributed by atoms with Crippen molar-refractivity contribution in [1.82, 2.24) is 0 Å². The minimum atomic E-state index is -3.78. The maximum Gasteiger partial charge on any atom is 0.265 e. The van der Waals surface area contributed by atoms with Crippen LogP contribution in [0.4, 0.5) is 5.69 Å². The number of para-hydroxylation sites is 1. The number of sulfonamides is 1. The Morgan fingerprint density at radius 2 is 1.41 bits per heavy atom. The molecule has 140 valence electrons. The van der Waals surface area contributed by atoms with E-state index in [0.29, 0.717) is 22.9 Å². The lowest BCUT2D eigenvalue weighted by atomic mass is 10.1. The van der Waals surface area contributed by atoms with Crippen molar-refractivity contribution in [2.75, 3.05) is 11.8 Å². The van der Waals surface area contributed by atoms with E-state index in [9.17, 15) is 8.42 Å². The lowest BCUT2D eigenvalue weighted by molar-refractivity contribution is 0.402. The zero-order valence-electron chi connectivity index (χ0n) is 15.4. The van der Waals surface area contributed by atoms with Gasteiger partial charge in [-0.2, -0.15) is 0 Å². The molecule has 1 N–H and O–H groups in total. The van der Waals surface area contributed by atoms with Crippen molar-refractivity contribution in [2.45, 2.75) is 18.7 Å². The molecule has 0 aliphatic heterocycles. The highest BCUT2D eigenvalue weighted by Gasteiger charge is 2.21. The van der Waals surface area contributed by atoms with Gasteiger partial charge >= 0.3 is 0 Å². The fourth-order valence-corrected chi connectivity index (χ4v) is 3.85. The number of nitrogens with one attached hydrogen (secondary N) is 1. The Labute approximate surface area is 159 Å². The molecule has 0 aromatic heterocycles. The smallest absolute Gasteiger partial charge is 0.265 e. The third kappa shape index (κ3) is 4.41. The molecule has 0 amide bonds.